The van der Waals surface area contributed by atoms with Gasteiger partial charge in [-0.3, -0.25) is 25.3 Å². The summed E-state index contributed by atoms with van der Waals surface area (Å²) in [5.41, 5.74) is -12.3. The maximum absolute atomic E-state index is 12.0. The Kier molecular flexibility index (Phi) is 14.2. The highest BCUT2D eigenvalue weighted by Gasteiger charge is 2.63. The van der Waals surface area contributed by atoms with Crippen molar-refractivity contribution in [1.82, 2.24) is 0 Å². The zero-order valence-corrected chi connectivity index (χ0v) is 35.0. The highest BCUT2D eigenvalue weighted by Crippen LogP contribution is 2.48. The number of hydrogen-bond donors (Lipinski definition) is 0. The lowest BCUT2D eigenvalue weighted by atomic mass is 9.95. The summed E-state index contributed by atoms with van der Waals surface area (Å²) in [6.07, 6.45) is 0. The number of hydrogen-bond acceptors (Lipinski definition) is 7. The van der Waals surface area contributed by atoms with Gasteiger partial charge in [0.25, 0.3) is 0 Å². The topological polar surface area (TPSA) is 102 Å². The minimum Gasteiger partial charge on any atom is -0.251 e. The lowest BCUT2D eigenvalue weighted by molar-refractivity contribution is -0.0471. The zero-order valence-electron chi connectivity index (χ0n) is 30.9. The van der Waals surface area contributed by atoms with Gasteiger partial charge in [-0.05, 0) is 100 Å². The van der Waals surface area contributed by atoms with E-state index in [1.54, 1.807) is 0 Å². The van der Waals surface area contributed by atoms with Crippen LogP contribution in [0.1, 0.15) is 5.56 Å². The van der Waals surface area contributed by atoms with Crippen molar-refractivity contribution in [2.75, 3.05) is 0 Å². The molecule has 0 bridgehead atoms. The van der Waals surface area contributed by atoms with Crippen LogP contribution in [0.4, 0.5) is 39.5 Å². The van der Waals surface area contributed by atoms with Crippen LogP contribution in [-0.2, 0) is 41.3 Å². The molecule has 0 fully saturated rings. The Bertz CT molecular complexity index is 2690. The molecule has 0 spiro atoms. The van der Waals surface area contributed by atoms with E-state index in [2.05, 4.69) is 159 Å². The van der Waals surface area contributed by atoms with E-state index in [9.17, 15) is 64.8 Å². The molecule has 6 nitrogen and oxygen atoms in total. The fourth-order valence-electron chi connectivity index (χ4n) is 5.48. The van der Waals surface area contributed by atoms with Crippen molar-refractivity contribution < 1.29 is 64.8 Å². The van der Waals surface area contributed by atoms with Gasteiger partial charge in [0.2, 0.25) is 0 Å². The van der Waals surface area contributed by atoms with Gasteiger partial charge in [-0.25, -0.2) is 0 Å². The Morgan fingerprint density at radius 2 is 0.803 bits per heavy atom. The van der Waals surface area contributed by atoms with Gasteiger partial charge in [-0.15, -0.1) is 0 Å². The van der Waals surface area contributed by atoms with Gasteiger partial charge < -0.3 is 0 Å². The van der Waals surface area contributed by atoms with Crippen molar-refractivity contribution in [2.24, 2.45) is 0 Å². The largest absolute Gasteiger partial charge is 0.470 e. The van der Waals surface area contributed by atoms with E-state index in [1.807, 2.05) is 11.8 Å². The van der Waals surface area contributed by atoms with E-state index in [-0.39, 0.29) is 0 Å². The van der Waals surface area contributed by atoms with Gasteiger partial charge in [0.05, 0.1) is 3.91 Å². The molecule has 0 saturated heterocycles. The lowest BCUT2D eigenvalue weighted by Crippen LogP contribution is -2.47. The van der Waals surface area contributed by atoms with Gasteiger partial charge >= 0.3 is 16.5 Å². The van der Waals surface area contributed by atoms with Crippen LogP contribution in [0.3, 0.4) is 0 Å². The quantitative estimate of drug-likeness (QED) is 0.0583. The summed E-state index contributed by atoms with van der Waals surface area (Å²) in [7, 11) is -24.1. The number of aryl methyl sites for hydroxylation is 1. The minimum absolute atomic E-state index is 1.22. The lowest BCUT2D eigenvalue weighted by Gasteiger charge is -2.31. The van der Waals surface area contributed by atoms with Crippen LogP contribution in [0.5, 0.6) is 0 Å². The summed E-state index contributed by atoms with van der Waals surface area (Å²) >= 11 is 3.05. The molecule has 0 amide bonds. The van der Waals surface area contributed by atoms with E-state index < -0.39 is 50.0 Å². The molecule has 0 heterocycles. The van der Waals surface area contributed by atoms with Crippen molar-refractivity contribution in [2.45, 2.75) is 43.0 Å². The first-order chi connectivity index (χ1) is 28.3. The molecule has 0 aliphatic carbocycles. The summed E-state index contributed by atoms with van der Waals surface area (Å²) in [5.74, 6) is 0. The Morgan fingerprint density at radius 3 is 1.23 bits per heavy atom. The molecule has 0 aliphatic heterocycles. The van der Waals surface area contributed by atoms with E-state index in [0.717, 1.165) is 0 Å². The van der Waals surface area contributed by atoms with Crippen LogP contribution in [-0.4, -0.2) is 41.8 Å². The third-order valence-electron chi connectivity index (χ3n) is 8.37. The minimum atomic E-state index is -8.02. The molecular weight excluding hydrogens is 920 g/mol. The molecule has 6 aromatic rings. The fourth-order valence-corrected chi connectivity index (χ4v) is 13.1. The normalized spacial score (nSPS) is 12.8. The van der Waals surface area contributed by atoms with Gasteiger partial charge in [0.1, 0.15) is 0 Å². The van der Waals surface area contributed by atoms with Crippen LogP contribution >= 0.6 is 11.8 Å². The number of benzene rings is 6. The van der Waals surface area contributed by atoms with Gasteiger partial charge in [-0.2, -0.15) is 39.5 Å². The van der Waals surface area contributed by atoms with E-state index >= 15 is 0 Å². The van der Waals surface area contributed by atoms with Crippen LogP contribution in [0.25, 0.3) is 33.4 Å². The molecule has 322 valence electrons. The van der Waals surface area contributed by atoms with Crippen LogP contribution in [0, 0.1) is 10.8 Å². The molecule has 6 aromatic carbocycles. The first-order valence-corrected chi connectivity index (χ1v) is 23.2. The first-order valence-electron chi connectivity index (χ1n) is 17.1. The number of halogens is 9. The average Bonchev–Trinajstić information content (AvgIpc) is 3.19. The second-order valence-electron chi connectivity index (χ2n) is 12.6. The second kappa shape index (κ2) is 18.3. The maximum atomic E-state index is 12.0. The molecule has 0 saturated carbocycles. The Balaban J connectivity index is 0.000000275. The number of alkyl halides is 9. The zero-order chi connectivity index (χ0) is 45.0. The van der Waals surface area contributed by atoms with Crippen LogP contribution < -0.4 is 0 Å². The predicted molar refractivity (Wildman–Crippen MR) is 218 cm³/mol. The smallest absolute Gasteiger partial charge is 0.251 e. The molecule has 0 atom stereocenters. The number of thiol groups is 1. The van der Waals surface area contributed by atoms with Gasteiger partial charge in [0, 0.05) is 21.6 Å². The van der Waals surface area contributed by atoms with Crippen LogP contribution in [0.2, 0.25) is 0 Å². The van der Waals surface area contributed by atoms with Crippen molar-refractivity contribution in [3.8, 4) is 33.4 Å². The predicted octanol–water partition coefficient (Wildman–Crippen LogP) is 11.6. The summed E-state index contributed by atoms with van der Waals surface area (Å²) in [5, 5.41) is 0. The Hall–Kier alpha value is -4.76. The fraction of sp³-hybridized carbons (Fsp3) is 0.0976. The average molecular weight is 949 g/mol. The van der Waals surface area contributed by atoms with Crippen LogP contribution in [0.15, 0.2) is 171 Å². The van der Waals surface area contributed by atoms with E-state index in [0.29, 0.717) is 0 Å². The highest BCUT2D eigenvalue weighted by molar-refractivity contribution is 8.29. The van der Waals surface area contributed by atoms with E-state index in [4.69, 9.17) is 0 Å². The SMILES string of the molecule is Cc1cc([SH+]c2ccc(-c3ccccc3-c3ccccc3)cc2)ccc1Sc1ccc(-c2ccccc2)cc1.O=S(=O)([C-](S(=O)(=O)C(F)(F)F)S(=O)(=O)C(F)(F)F)C(F)(F)F. The third-order valence-corrected chi connectivity index (χ3v) is 17.7. The molecule has 0 radical (unpaired) electrons. The van der Waals surface area contributed by atoms with E-state index in [1.165, 1.54) is 70.3 Å². The molecule has 6 rings (SSSR count). The number of sulfone groups is 3. The summed E-state index contributed by atoms with van der Waals surface area (Å²) in [6, 6.07) is 54.5. The van der Waals surface area contributed by atoms with Crippen molar-refractivity contribution in [1.29, 1.82) is 0 Å². The standard InChI is InChI=1S/C37H28S2.C4F9O6S3/c1-27-26-34(24-25-37(27)39-33-20-16-29(17-21-33)28-10-4-2-5-11-28)38-32-22-18-31(19-23-32)36-15-9-8-14-35(36)30-12-6-3-7-13-30;5-2(6,7)20(14,15)1(21(16,17)3(8,9)10)22(18,19)4(11,12)13/h2-26H,1H3;/q;-1/p+1. The van der Waals surface area contributed by atoms with Gasteiger partial charge in [-0.1, -0.05) is 109 Å². The molecular formula is C41H29F9O6S5. The van der Waals surface area contributed by atoms with Crippen molar-refractivity contribution >= 4 is 53.0 Å². The van der Waals surface area contributed by atoms with Crippen molar-refractivity contribution in [3.63, 3.8) is 0 Å². The molecule has 0 N–H and O–H groups in total. The Labute approximate surface area is 353 Å². The van der Waals surface area contributed by atoms with Gasteiger partial charge in [0.15, 0.2) is 39.3 Å². The summed E-state index contributed by atoms with van der Waals surface area (Å²) in [6.45, 7) is 2.21. The summed E-state index contributed by atoms with van der Waals surface area (Å²) in [4.78, 5) is 5.17. The summed E-state index contributed by atoms with van der Waals surface area (Å²) < 4.78 is 167. The molecule has 0 unspecified atom stereocenters. The first kappa shape index (κ1) is 47.3. The Morgan fingerprint density at radius 1 is 0.443 bits per heavy atom. The maximum Gasteiger partial charge on any atom is 0.470 e. The second-order valence-corrected chi connectivity index (χ2v) is 21.4. The van der Waals surface area contributed by atoms with Crippen molar-refractivity contribution in [3.05, 3.63) is 161 Å². The molecule has 20 heteroatoms. The molecule has 0 aromatic heterocycles. The monoisotopic (exact) mass is 948 g/mol. The molecule has 0 aliphatic rings. The highest BCUT2D eigenvalue weighted by atomic mass is 32.3. The molecule has 61 heavy (non-hydrogen) atoms. The number of rotatable bonds is 10. The third kappa shape index (κ3) is 10.8.